The van der Waals surface area contributed by atoms with Crippen molar-refractivity contribution in [3.8, 4) is 0 Å². The fraction of sp³-hybridized carbons (Fsp3) is 0.750. The zero-order valence-corrected chi connectivity index (χ0v) is 9.99. The van der Waals surface area contributed by atoms with Gasteiger partial charge in [-0.1, -0.05) is 19.9 Å². The lowest BCUT2D eigenvalue weighted by Crippen LogP contribution is -2.49. The molecule has 2 atom stereocenters. The van der Waals surface area contributed by atoms with Gasteiger partial charge in [-0.25, -0.2) is 0 Å². The van der Waals surface area contributed by atoms with E-state index in [9.17, 15) is 4.79 Å². The average Bonchev–Trinajstić information content (AvgIpc) is 2.15. The molecule has 0 aromatic rings. The number of hydrogen-bond acceptors (Lipinski definition) is 2. The fourth-order valence-electron chi connectivity index (χ4n) is 2.21. The first-order chi connectivity index (χ1) is 7.04. The van der Waals surface area contributed by atoms with E-state index in [0.717, 1.165) is 25.0 Å². The molecule has 1 saturated heterocycles. The Hall–Kier alpha value is -0.830. The summed E-state index contributed by atoms with van der Waals surface area (Å²) in [5.74, 6) is 0.672. The molecule has 1 aliphatic rings. The van der Waals surface area contributed by atoms with Crippen LogP contribution in [0.5, 0.6) is 0 Å². The Balaban J connectivity index is 2.63. The van der Waals surface area contributed by atoms with E-state index in [4.69, 9.17) is 5.73 Å². The van der Waals surface area contributed by atoms with Crippen molar-refractivity contribution in [3.05, 3.63) is 11.6 Å². The molecule has 1 amide bonds. The normalized spacial score (nSPS) is 28.0. The predicted octanol–water partition coefficient (Wildman–Crippen LogP) is 1.54. The molecule has 3 heteroatoms. The molecule has 0 bridgehead atoms. The van der Waals surface area contributed by atoms with Crippen LogP contribution in [-0.4, -0.2) is 29.9 Å². The van der Waals surface area contributed by atoms with Crippen molar-refractivity contribution in [1.82, 2.24) is 4.90 Å². The quantitative estimate of drug-likeness (QED) is 0.703. The number of hydrogen-bond donors (Lipinski definition) is 1. The molecule has 0 aromatic carbocycles. The summed E-state index contributed by atoms with van der Waals surface area (Å²) >= 11 is 0. The highest BCUT2D eigenvalue weighted by molar-refractivity contribution is 5.92. The molecular weight excluding hydrogens is 188 g/mol. The van der Waals surface area contributed by atoms with Crippen molar-refractivity contribution in [1.29, 1.82) is 0 Å². The lowest BCUT2D eigenvalue weighted by molar-refractivity contribution is -0.129. The van der Waals surface area contributed by atoms with E-state index in [1.807, 2.05) is 24.8 Å². The van der Waals surface area contributed by atoms with E-state index in [1.54, 1.807) is 0 Å². The van der Waals surface area contributed by atoms with Crippen molar-refractivity contribution >= 4 is 5.91 Å². The van der Waals surface area contributed by atoms with E-state index >= 15 is 0 Å². The number of carbonyl (C=O) groups is 1. The highest BCUT2D eigenvalue weighted by Crippen LogP contribution is 2.16. The summed E-state index contributed by atoms with van der Waals surface area (Å²) < 4.78 is 0. The van der Waals surface area contributed by atoms with Crippen LogP contribution in [0.3, 0.4) is 0 Å². The molecule has 0 radical (unpaired) electrons. The van der Waals surface area contributed by atoms with E-state index in [1.165, 1.54) is 0 Å². The summed E-state index contributed by atoms with van der Waals surface area (Å²) in [6, 6.07) is 0.145. The van der Waals surface area contributed by atoms with Crippen LogP contribution in [0.25, 0.3) is 0 Å². The van der Waals surface area contributed by atoms with Crippen molar-refractivity contribution < 1.29 is 4.79 Å². The molecule has 1 fully saturated rings. The van der Waals surface area contributed by atoms with Gasteiger partial charge in [-0.2, -0.15) is 0 Å². The average molecular weight is 210 g/mol. The van der Waals surface area contributed by atoms with Crippen molar-refractivity contribution in [2.24, 2.45) is 11.7 Å². The van der Waals surface area contributed by atoms with Crippen molar-refractivity contribution in [2.45, 2.75) is 39.7 Å². The predicted molar refractivity (Wildman–Crippen MR) is 62.4 cm³/mol. The molecule has 1 rings (SSSR count). The molecule has 3 nitrogen and oxygen atoms in total. The molecule has 0 spiro atoms. The van der Waals surface area contributed by atoms with Crippen LogP contribution in [-0.2, 0) is 4.79 Å². The summed E-state index contributed by atoms with van der Waals surface area (Å²) in [5.41, 5.74) is 6.76. The standard InChI is InChI=1S/C12H22N2O/c1-4-5-10(3)12(15)14-7-9(2)6-11(13)8-14/h5,9,11H,4,6-8,13H2,1-3H3. The molecule has 1 heterocycles. The maximum atomic E-state index is 12.0. The smallest absolute Gasteiger partial charge is 0.249 e. The molecule has 0 saturated carbocycles. The Kier molecular flexibility index (Phi) is 4.33. The maximum absolute atomic E-state index is 12.0. The van der Waals surface area contributed by atoms with Gasteiger partial charge >= 0.3 is 0 Å². The summed E-state index contributed by atoms with van der Waals surface area (Å²) in [7, 11) is 0. The molecular formula is C12H22N2O. The zero-order chi connectivity index (χ0) is 11.4. The number of nitrogens with two attached hydrogens (primary N) is 1. The van der Waals surface area contributed by atoms with E-state index in [-0.39, 0.29) is 11.9 Å². The minimum atomic E-state index is 0.145. The van der Waals surface area contributed by atoms with E-state index in [2.05, 4.69) is 6.92 Å². The second-order valence-corrected chi connectivity index (χ2v) is 4.61. The van der Waals surface area contributed by atoms with Gasteiger partial charge in [-0.05, 0) is 25.7 Å². The topological polar surface area (TPSA) is 46.3 Å². The van der Waals surface area contributed by atoms with Crippen LogP contribution < -0.4 is 5.73 Å². The van der Waals surface area contributed by atoms with Gasteiger partial charge in [0.15, 0.2) is 0 Å². The SMILES string of the molecule is CCC=C(C)C(=O)N1CC(C)CC(N)C1. The summed E-state index contributed by atoms with van der Waals surface area (Å²) in [6.07, 6.45) is 3.92. The Bertz CT molecular complexity index is 250. The third-order valence-corrected chi connectivity index (χ3v) is 2.83. The number of carbonyl (C=O) groups excluding carboxylic acids is 1. The molecule has 0 aliphatic carbocycles. The Morgan fingerprint density at radius 3 is 2.73 bits per heavy atom. The van der Waals surface area contributed by atoms with Gasteiger partial charge in [-0.15, -0.1) is 0 Å². The lowest BCUT2D eigenvalue weighted by Gasteiger charge is -2.35. The number of amides is 1. The zero-order valence-electron chi connectivity index (χ0n) is 9.99. The monoisotopic (exact) mass is 210 g/mol. The van der Waals surface area contributed by atoms with E-state index < -0.39 is 0 Å². The molecule has 15 heavy (non-hydrogen) atoms. The van der Waals surface area contributed by atoms with Crippen LogP contribution in [0.4, 0.5) is 0 Å². The van der Waals surface area contributed by atoms with Gasteiger partial charge in [0, 0.05) is 24.7 Å². The van der Waals surface area contributed by atoms with Crippen molar-refractivity contribution in [2.75, 3.05) is 13.1 Å². The van der Waals surface area contributed by atoms with Crippen LogP contribution in [0.15, 0.2) is 11.6 Å². The molecule has 1 aliphatic heterocycles. The number of rotatable bonds is 2. The van der Waals surface area contributed by atoms with E-state index in [0.29, 0.717) is 12.5 Å². The number of piperidine rings is 1. The first kappa shape index (κ1) is 12.2. The molecule has 2 N–H and O–H groups in total. The number of allylic oxidation sites excluding steroid dienone is 1. The Morgan fingerprint density at radius 1 is 1.53 bits per heavy atom. The van der Waals surface area contributed by atoms with Gasteiger partial charge in [0.2, 0.25) is 5.91 Å². The highest BCUT2D eigenvalue weighted by Gasteiger charge is 2.25. The third-order valence-electron chi connectivity index (χ3n) is 2.83. The van der Waals surface area contributed by atoms with Gasteiger partial charge in [0.05, 0.1) is 0 Å². The largest absolute Gasteiger partial charge is 0.337 e. The minimum Gasteiger partial charge on any atom is -0.337 e. The van der Waals surface area contributed by atoms with Crippen LogP contribution >= 0.6 is 0 Å². The minimum absolute atomic E-state index is 0.145. The summed E-state index contributed by atoms with van der Waals surface area (Å²) in [4.78, 5) is 13.9. The molecule has 0 aromatic heterocycles. The third kappa shape index (κ3) is 3.34. The van der Waals surface area contributed by atoms with Gasteiger partial charge in [0.1, 0.15) is 0 Å². The lowest BCUT2D eigenvalue weighted by atomic mass is 9.96. The summed E-state index contributed by atoms with van der Waals surface area (Å²) in [5, 5.41) is 0. The maximum Gasteiger partial charge on any atom is 0.249 e. The molecule has 2 unspecified atom stereocenters. The first-order valence-corrected chi connectivity index (χ1v) is 5.76. The van der Waals surface area contributed by atoms with Gasteiger partial charge in [-0.3, -0.25) is 4.79 Å². The first-order valence-electron chi connectivity index (χ1n) is 5.76. The van der Waals surface area contributed by atoms with Crippen LogP contribution in [0.1, 0.15) is 33.6 Å². The van der Waals surface area contributed by atoms with Crippen LogP contribution in [0, 0.1) is 5.92 Å². The second kappa shape index (κ2) is 5.31. The Labute approximate surface area is 92.3 Å². The summed E-state index contributed by atoms with van der Waals surface area (Å²) in [6.45, 7) is 7.63. The van der Waals surface area contributed by atoms with Crippen molar-refractivity contribution in [3.63, 3.8) is 0 Å². The fourth-order valence-corrected chi connectivity index (χ4v) is 2.21. The highest BCUT2D eigenvalue weighted by atomic mass is 16.2. The number of likely N-dealkylation sites (tertiary alicyclic amines) is 1. The van der Waals surface area contributed by atoms with Crippen LogP contribution in [0.2, 0.25) is 0 Å². The molecule has 86 valence electrons. The van der Waals surface area contributed by atoms with Gasteiger partial charge in [0.25, 0.3) is 0 Å². The van der Waals surface area contributed by atoms with Gasteiger partial charge < -0.3 is 10.6 Å². The number of nitrogens with zero attached hydrogens (tertiary/aromatic N) is 1. The second-order valence-electron chi connectivity index (χ2n) is 4.61. The Morgan fingerprint density at radius 2 is 2.20 bits per heavy atom.